The van der Waals surface area contributed by atoms with Crippen molar-refractivity contribution in [2.24, 2.45) is 0 Å². The van der Waals surface area contributed by atoms with Gasteiger partial charge in [-0.2, -0.15) is 4.31 Å². The van der Waals surface area contributed by atoms with E-state index in [-0.39, 0.29) is 23.9 Å². The zero-order valence-corrected chi connectivity index (χ0v) is 18.3. The average Bonchev–Trinajstić information content (AvgIpc) is 3.03. The maximum atomic E-state index is 12.8. The Morgan fingerprint density at radius 2 is 1.61 bits per heavy atom. The number of rotatable bonds is 4. The first-order chi connectivity index (χ1) is 14.9. The number of sulfonamides is 1. The van der Waals surface area contributed by atoms with E-state index in [1.54, 1.807) is 35.2 Å². The number of nitrogens with zero attached hydrogens (tertiary/aromatic N) is 2. The summed E-state index contributed by atoms with van der Waals surface area (Å²) in [6.07, 6.45) is 4.10. The van der Waals surface area contributed by atoms with Crippen LogP contribution in [0.2, 0.25) is 0 Å². The second-order valence-corrected chi connectivity index (χ2v) is 9.57. The van der Waals surface area contributed by atoms with E-state index in [4.69, 9.17) is 9.47 Å². The number of hydrogen-bond acceptors (Lipinski definition) is 5. The molecule has 2 aromatic carbocycles. The van der Waals surface area contributed by atoms with Crippen LogP contribution in [0, 0.1) is 6.92 Å². The second-order valence-electron chi connectivity index (χ2n) is 7.63. The molecule has 164 valence electrons. The van der Waals surface area contributed by atoms with Gasteiger partial charge in [0.2, 0.25) is 15.9 Å². The molecule has 1 fully saturated rings. The number of piperazine rings is 1. The zero-order valence-electron chi connectivity index (χ0n) is 17.5. The lowest BCUT2D eigenvalue weighted by molar-refractivity contribution is -0.127. The number of hydrogen-bond donors (Lipinski definition) is 0. The lowest BCUT2D eigenvalue weighted by Gasteiger charge is -2.33. The summed E-state index contributed by atoms with van der Waals surface area (Å²) in [6, 6.07) is 12.4. The molecule has 2 aliphatic heterocycles. The molecule has 4 rings (SSSR count). The SMILES string of the molecule is Cc1ccc(S(=O)(=O)N2CCN(C(=O)/C=C/c3ccc4c(c3)OCCCO4)CC2)cc1. The molecule has 0 spiro atoms. The third kappa shape index (κ3) is 4.91. The van der Waals surface area contributed by atoms with Crippen LogP contribution in [0.15, 0.2) is 53.4 Å². The van der Waals surface area contributed by atoms with E-state index in [0.717, 1.165) is 17.5 Å². The van der Waals surface area contributed by atoms with Gasteiger partial charge in [0, 0.05) is 38.7 Å². The van der Waals surface area contributed by atoms with Crippen LogP contribution >= 0.6 is 0 Å². The molecule has 0 atom stereocenters. The second kappa shape index (κ2) is 9.11. The van der Waals surface area contributed by atoms with Crippen LogP contribution in [0.5, 0.6) is 11.5 Å². The van der Waals surface area contributed by atoms with E-state index >= 15 is 0 Å². The zero-order chi connectivity index (χ0) is 21.8. The summed E-state index contributed by atoms with van der Waals surface area (Å²) < 4.78 is 38.4. The van der Waals surface area contributed by atoms with Gasteiger partial charge in [-0.3, -0.25) is 4.79 Å². The maximum Gasteiger partial charge on any atom is 0.246 e. The van der Waals surface area contributed by atoms with Crippen molar-refractivity contribution in [1.29, 1.82) is 0 Å². The molecule has 0 radical (unpaired) electrons. The lowest BCUT2D eigenvalue weighted by Crippen LogP contribution is -2.50. The number of benzene rings is 2. The highest BCUT2D eigenvalue weighted by Gasteiger charge is 2.29. The molecule has 31 heavy (non-hydrogen) atoms. The molecule has 0 saturated carbocycles. The van der Waals surface area contributed by atoms with E-state index in [0.29, 0.717) is 37.8 Å². The molecule has 2 aliphatic rings. The molecule has 7 nitrogen and oxygen atoms in total. The van der Waals surface area contributed by atoms with Crippen molar-refractivity contribution in [3.8, 4) is 11.5 Å². The Balaban J connectivity index is 1.36. The summed E-state index contributed by atoms with van der Waals surface area (Å²) in [5, 5.41) is 0. The van der Waals surface area contributed by atoms with Gasteiger partial charge < -0.3 is 14.4 Å². The lowest BCUT2D eigenvalue weighted by atomic mass is 10.2. The van der Waals surface area contributed by atoms with E-state index in [2.05, 4.69) is 0 Å². The van der Waals surface area contributed by atoms with E-state index < -0.39 is 10.0 Å². The first-order valence-corrected chi connectivity index (χ1v) is 11.8. The quantitative estimate of drug-likeness (QED) is 0.681. The molecular formula is C23H26N2O5S. The monoisotopic (exact) mass is 442 g/mol. The van der Waals surface area contributed by atoms with Gasteiger partial charge >= 0.3 is 0 Å². The molecule has 0 bridgehead atoms. The predicted octanol–water partition coefficient (Wildman–Crippen LogP) is 2.70. The normalized spacial score (nSPS) is 17.5. The van der Waals surface area contributed by atoms with Crippen LogP contribution in [0.3, 0.4) is 0 Å². The summed E-state index contributed by atoms with van der Waals surface area (Å²) >= 11 is 0. The summed E-state index contributed by atoms with van der Waals surface area (Å²) in [7, 11) is -3.54. The maximum absolute atomic E-state index is 12.8. The third-order valence-electron chi connectivity index (χ3n) is 5.40. The Labute approximate surface area is 182 Å². The van der Waals surface area contributed by atoms with Gasteiger partial charge in [-0.05, 0) is 42.8 Å². The minimum absolute atomic E-state index is 0.139. The minimum atomic E-state index is -3.54. The van der Waals surface area contributed by atoms with Crippen molar-refractivity contribution in [1.82, 2.24) is 9.21 Å². The topological polar surface area (TPSA) is 76.2 Å². The third-order valence-corrected chi connectivity index (χ3v) is 7.31. The summed E-state index contributed by atoms with van der Waals surface area (Å²) in [5.41, 5.74) is 1.85. The van der Waals surface area contributed by atoms with E-state index in [9.17, 15) is 13.2 Å². The summed E-state index contributed by atoms with van der Waals surface area (Å²) in [6.45, 7) is 4.42. The molecule has 8 heteroatoms. The highest BCUT2D eigenvalue weighted by molar-refractivity contribution is 7.89. The number of carbonyl (C=O) groups is 1. The summed E-state index contributed by atoms with van der Waals surface area (Å²) in [5.74, 6) is 1.26. The number of carbonyl (C=O) groups excluding carboxylic acids is 1. The number of ether oxygens (including phenoxy) is 2. The van der Waals surface area contributed by atoms with Crippen LogP contribution in [0.4, 0.5) is 0 Å². The van der Waals surface area contributed by atoms with Crippen LogP contribution < -0.4 is 9.47 Å². The van der Waals surface area contributed by atoms with Gasteiger partial charge in [0.15, 0.2) is 11.5 Å². The van der Waals surface area contributed by atoms with Crippen molar-refractivity contribution < 1.29 is 22.7 Å². The van der Waals surface area contributed by atoms with Gasteiger partial charge in [-0.15, -0.1) is 0 Å². The van der Waals surface area contributed by atoms with Crippen molar-refractivity contribution in [2.75, 3.05) is 39.4 Å². The number of amides is 1. The fourth-order valence-electron chi connectivity index (χ4n) is 3.56. The molecular weight excluding hydrogens is 416 g/mol. The Morgan fingerprint density at radius 3 is 2.32 bits per heavy atom. The predicted molar refractivity (Wildman–Crippen MR) is 118 cm³/mol. The van der Waals surface area contributed by atoms with Gasteiger partial charge in [-0.25, -0.2) is 8.42 Å². The van der Waals surface area contributed by atoms with Gasteiger partial charge in [0.1, 0.15) is 0 Å². The van der Waals surface area contributed by atoms with Crippen LogP contribution in [-0.2, 0) is 14.8 Å². The Morgan fingerprint density at radius 1 is 0.935 bits per heavy atom. The fourth-order valence-corrected chi connectivity index (χ4v) is 4.99. The Hall–Kier alpha value is -2.84. The molecule has 0 N–H and O–H groups in total. The molecule has 0 unspecified atom stereocenters. The van der Waals surface area contributed by atoms with Crippen molar-refractivity contribution in [3.63, 3.8) is 0 Å². The summed E-state index contributed by atoms with van der Waals surface area (Å²) in [4.78, 5) is 14.5. The largest absolute Gasteiger partial charge is 0.490 e. The number of fused-ring (bicyclic) bond motifs is 1. The van der Waals surface area contributed by atoms with Crippen molar-refractivity contribution in [2.45, 2.75) is 18.2 Å². The van der Waals surface area contributed by atoms with Crippen LogP contribution in [0.1, 0.15) is 17.5 Å². The first kappa shape index (κ1) is 21.4. The number of aryl methyl sites for hydroxylation is 1. The molecule has 1 amide bonds. The first-order valence-electron chi connectivity index (χ1n) is 10.4. The average molecular weight is 443 g/mol. The van der Waals surface area contributed by atoms with Crippen LogP contribution in [0.25, 0.3) is 6.08 Å². The molecule has 0 aliphatic carbocycles. The van der Waals surface area contributed by atoms with Crippen molar-refractivity contribution >= 4 is 22.0 Å². The molecule has 2 heterocycles. The Bertz CT molecular complexity index is 1070. The highest BCUT2D eigenvalue weighted by Crippen LogP contribution is 2.30. The van der Waals surface area contributed by atoms with E-state index in [1.807, 2.05) is 25.1 Å². The smallest absolute Gasteiger partial charge is 0.246 e. The molecule has 2 aromatic rings. The Kier molecular flexibility index (Phi) is 6.29. The fraction of sp³-hybridized carbons (Fsp3) is 0.348. The minimum Gasteiger partial charge on any atom is -0.490 e. The molecule has 0 aromatic heterocycles. The van der Waals surface area contributed by atoms with Crippen molar-refractivity contribution in [3.05, 3.63) is 59.7 Å². The highest BCUT2D eigenvalue weighted by atomic mass is 32.2. The standard InChI is InChI=1S/C23H26N2O5S/c1-18-3-7-20(8-4-18)31(27,28)25-13-11-24(12-14-25)23(26)10-6-19-5-9-21-22(17-19)30-16-2-15-29-21/h3-10,17H,2,11-16H2,1H3/b10-6+. The molecule has 1 saturated heterocycles. The van der Waals surface area contributed by atoms with Crippen LogP contribution in [-0.4, -0.2) is 62.9 Å². The van der Waals surface area contributed by atoms with Gasteiger partial charge in [0.05, 0.1) is 18.1 Å². The van der Waals surface area contributed by atoms with E-state index in [1.165, 1.54) is 10.4 Å². The van der Waals surface area contributed by atoms with Gasteiger partial charge in [0.25, 0.3) is 0 Å². The van der Waals surface area contributed by atoms with Gasteiger partial charge in [-0.1, -0.05) is 23.8 Å².